The minimum absolute atomic E-state index is 1.08. The van der Waals surface area contributed by atoms with Crippen LogP contribution in [0.15, 0.2) is 146 Å². The third-order valence-electron chi connectivity index (χ3n) is 8.55. The van der Waals surface area contributed by atoms with Crippen LogP contribution in [0.25, 0.3) is 55.0 Å². The maximum atomic E-state index is 2.45. The van der Waals surface area contributed by atoms with Gasteiger partial charge in [-0.2, -0.15) is 0 Å². The molecule has 1 aliphatic carbocycles. The van der Waals surface area contributed by atoms with Gasteiger partial charge in [0.25, 0.3) is 0 Å². The first-order chi connectivity index (χ1) is 21.6. The van der Waals surface area contributed by atoms with E-state index in [0.717, 1.165) is 5.92 Å². The first kappa shape index (κ1) is 27.7. The number of aryl methyl sites for hydroxylation is 2. The molecule has 0 aliphatic heterocycles. The monoisotopic (exact) mass is 570 g/mol. The predicted molar refractivity (Wildman–Crippen MR) is 189 cm³/mol. The molecule has 6 aromatic carbocycles. The second kappa shape index (κ2) is 11.9. The van der Waals surface area contributed by atoms with Crippen LogP contribution in [-0.4, -0.2) is 9.13 Å². The van der Waals surface area contributed by atoms with Crippen LogP contribution in [0.3, 0.4) is 0 Å². The van der Waals surface area contributed by atoms with E-state index in [4.69, 9.17) is 0 Å². The Morgan fingerprint density at radius 2 is 1.00 bits per heavy atom. The molecule has 0 amide bonds. The second-order valence-corrected chi connectivity index (χ2v) is 12.1. The second-order valence-electron chi connectivity index (χ2n) is 12.1. The van der Waals surface area contributed by atoms with Gasteiger partial charge in [-0.15, -0.1) is 0 Å². The highest BCUT2D eigenvalue weighted by molar-refractivity contribution is 6.26. The number of rotatable bonds is 2. The van der Waals surface area contributed by atoms with Gasteiger partial charge in [-0.25, -0.2) is 0 Å². The molecule has 2 heteroatoms. The largest absolute Gasteiger partial charge is 0.309 e. The van der Waals surface area contributed by atoms with E-state index in [1.165, 1.54) is 79.0 Å². The maximum absolute atomic E-state index is 2.45. The van der Waals surface area contributed by atoms with Crippen molar-refractivity contribution in [1.82, 2.24) is 9.13 Å². The summed E-state index contributed by atoms with van der Waals surface area (Å²) in [5.74, 6) is 1.08. The van der Waals surface area contributed by atoms with Gasteiger partial charge in [0, 0.05) is 32.9 Å². The smallest absolute Gasteiger partial charge is 0.0641 e. The van der Waals surface area contributed by atoms with Crippen LogP contribution in [0, 0.1) is 19.8 Å². The summed E-state index contributed by atoms with van der Waals surface area (Å²) in [6.07, 6.45) is 2.97. The van der Waals surface area contributed by atoms with Gasteiger partial charge in [0.2, 0.25) is 0 Å². The zero-order valence-corrected chi connectivity index (χ0v) is 25.7. The minimum Gasteiger partial charge on any atom is -0.309 e. The zero-order chi connectivity index (χ0) is 30.0. The van der Waals surface area contributed by atoms with Crippen molar-refractivity contribution in [3.63, 3.8) is 0 Å². The molecule has 0 bridgehead atoms. The summed E-state index contributed by atoms with van der Waals surface area (Å²) >= 11 is 0. The number of nitrogens with zero attached hydrogens (tertiary/aromatic N) is 2. The van der Waals surface area contributed by atoms with Crippen LogP contribution in [0.4, 0.5) is 0 Å². The molecule has 0 atom stereocenters. The molecule has 1 saturated carbocycles. The molecule has 2 nitrogen and oxygen atoms in total. The van der Waals surface area contributed by atoms with Crippen LogP contribution >= 0.6 is 0 Å². The van der Waals surface area contributed by atoms with Crippen LogP contribution in [0.1, 0.15) is 30.9 Å². The fourth-order valence-electron chi connectivity index (χ4n) is 6.10. The van der Waals surface area contributed by atoms with Crippen molar-refractivity contribution in [3.8, 4) is 11.4 Å². The molecular formula is C42H38N2. The number of para-hydroxylation sites is 3. The van der Waals surface area contributed by atoms with Gasteiger partial charge in [0.15, 0.2) is 0 Å². The number of hydrogen-bond donors (Lipinski definition) is 0. The molecule has 0 N–H and O–H groups in total. The first-order valence-electron chi connectivity index (χ1n) is 15.7. The van der Waals surface area contributed by atoms with Gasteiger partial charge in [0.1, 0.15) is 0 Å². The van der Waals surface area contributed by atoms with Crippen molar-refractivity contribution < 1.29 is 0 Å². The van der Waals surface area contributed by atoms with Crippen molar-refractivity contribution >= 4 is 43.6 Å². The van der Waals surface area contributed by atoms with E-state index in [0.29, 0.717) is 0 Å². The van der Waals surface area contributed by atoms with E-state index in [1.807, 2.05) is 18.2 Å². The van der Waals surface area contributed by atoms with E-state index in [1.54, 1.807) is 0 Å². The normalized spacial score (nSPS) is 12.6. The number of hydrogen-bond acceptors (Lipinski definition) is 0. The summed E-state index contributed by atoms with van der Waals surface area (Å²) in [7, 11) is 0. The third kappa shape index (κ3) is 5.29. The van der Waals surface area contributed by atoms with Gasteiger partial charge >= 0.3 is 0 Å². The number of benzene rings is 6. The van der Waals surface area contributed by atoms with Gasteiger partial charge in [-0.3, -0.25) is 0 Å². The Kier molecular flexibility index (Phi) is 7.50. The molecule has 9 rings (SSSR count). The average molecular weight is 571 g/mol. The Balaban J connectivity index is 0.000000240. The molecule has 0 saturated heterocycles. The van der Waals surface area contributed by atoms with Crippen LogP contribution in [0.5, 0.6) is 0 Å². The minimum atomic E-state index is 1.08. The van der Waals surface area contributed by atoms with Crippen LogP contribution < -0.4 is 0 Å². The molecule has 1 fully saturated rings. The Labute approximate surface area is 259 Å². The summed E-state index contributed by atoms with van der Waals surface area (Å²) in [5.41, 5.74) is 9.93. The van der Waals surface area contributed by atoms with Gasteiger partial charge in [-0.1, -0.05) is 128 Å². The number of fused-ring (bicyclic) bond motifs is 7. The third-order valence-corrected chi connectivity index (χ3v) is 8.55. The van der Waals surface area contributed by atoms with Crippen molar-refractivity contribution in [2.75, 3.05) is 0 Å². The zero-order valence-electron chi connectivity index (χ0n) is 25.7. The van der Waals surface area contributed by atoms with Gasteiger partial charge in [0.05, 0.1) is 22.1 Å². The molecule has 44 heavy (non-hydrogen) atoms. The molecule has 2 aromatic heterocycles. The lowest BCUT2D eigenvalue weighted by Crippen LogP contribution is -1.95. The lowest BCUT2D eigenvalue weighted by Gasteiger charge is -2.10. The fourth-order valence-corrected chi connectivity index (χ4v) is 6.10. The fraction of sp³-hybridized carbons (Fsp3) is 0.143. The summed E-state index contributed by atoms with van der Waals surface area (Å²) < 4.78 is 4.84. The highest BCUT2D eigenvalue weighted by Gasteiger charge is 2.20. The molecule has 216 valence electrons. The molecule has 0 radical (unpaired) electrons. The standard InChI is InChI=1S/C31H22N2.C7H8.C4H8/c1-21-10-9-13-23(20-21)33-27-16-7-5-14-24(27)25-18-19-29-30(31(25)33)26-15-6-8-17-28(26)32(29)22-11-3-2-4-12-22;1-7-5-3-2-4-6-7;1-4-2-3-4/h2-20H,1H3;2-6H,1H3;4H,2-3H2,1H3. The number of aromatic nitrogens is 2. The Morgan fingerprint density at radius 1 is 0.455 bits per heavy atom. The van der Waals surface area contributed by atoms with Gasteiger partial charge in [-0.05, 0) is 67.8 Å². The molecule has 1 aliphatic rings. The summed E-state index contributed by atoms with van der Waals surface area (Å²) in [6, 6.07) is 51.8. The molecule has 8 aromatic rings. The average Bonchev–Trinajstić information content (AvgIpc) is 3.67. The Bertz CT molecular complexity index is 2200. The SMILES string of the molecule is CC1CC1.Cc1cccc(-n2c3ccccc3c3ccc4c(c5ccccc5n4-c4ccccc4)c32)c1.Cc1ccccc1. The van der Waals surface area contributed by atoms with Crippen LogP contribution in [0.2, 0.25) is 0 Å². The highest BCUT2D eigenvalue weighted by atomic mass is 15.0. The Hall–Kier alpha value is -5.08. The Morgan fingerprint density at radius 3 is 1.61 bits per heavy atom. The van der Waals surface area contributed by atoms with Crippen molar-refractivity contribution in [1.29, 1.82) is 0 Å². The quantitative estimate of drug-likeness (QED) is 0.196. The van der Waals surface area contributed by atoms with Crippen LogP contribution in [-0.2, 0) is 0 Å². The molecule has 0 spiro atoms. The van der Waals surface area contributed by atoms with E-state index < -0.39 is 0 Å². The van der Waals surface area contributed by atoms with Gasteiger partial charge < -0.3 is 9.13 Å². The van der Waals surface area contributed by atoms with E-state index in [9.17, 15) is 0 Å². The lowest BCUT2D eigenvalue weighted by atomic mass is 10.1. The summed E-state index contributed by atoms with van der Waals surface area (Å²) in [6.45, 7) is 6.52. The van der Waals surface area contributed by atoms with E-state index >= 15 is 0 Å². The van der Waals surface area contributed by atoms with Crippen molar-refractivity contribution in [2.24, 2.45) is 5.92 Å². The van der Waals surface area contributed by atoms with Crippen molar-refractivity contribution in [3.05, 3.63) is 157 Å². The van der Waals surface area contributed by atoms with E-state index in [-0.39, 0.29) is 0 Å². The highest BCUT2D eigenvalue weighted by Crippen LogP contribution is 2.41. The molecular weight excluding hydrogens is 532 g/mol. The maximum Gasteiger partial charge on any atom is 0.0641 e. The summed E-state index contributed by atoms with van der Waals surface area (Å²) in [4.78, 5) is 0. The predicted octanol–water partition coefficient (Wildman–Crippen LogP) is 11.6. The molecule has 2 heterocycles. The summed E-state index contributed by atoms with van der Waals surface area (Å²) in [5, 5.41) is 5.14. The lowest BCUT2D eigenvalue weighted by molar-refractivity contribution is 0.983. The van der Waals surface area contributed by atoms with E-state index in [2.05, 4.69) is 157 Å². The first-order valence-corrected chi connectivity index (χ1v) is 15.7. The molecule has 0 unspecified atom stereocenters. The topological polar surface area (TPSA) is 9.86 Å². The van der Waals surface area contributed by atoms with Crippen molar-refractivity contribution in [2.45, 2.75) is 33.6 Å².